The van der Waals surface area contributed by atoms with E-state index in [0.717, 1.165) is 61.8 Å². The van der Waals surface area contributed by atoms with Crippen molar-refractivity contribution in [3.8, 4) is 16.9 Å². The fourth-order valence-corrected chi connectivity index (χ4v) is 6.17. The molecule has 3 heterocycles. The molecule has 190 valence electrons. The van der Waals surface area contributed by atoms with Gasteiger partial charge in [0.25, 0.3) is 0 Å². The molecule has 0 spiro atoms. The van der Waals surface area contributed by atoms with Crippen molar-refractivity contribution in [2.75, 3.05) is 29.9 Å². The van der Waals surface area contributed by atoms with E-state index in [1.165, 1.54) is 0 Å². The first-order valence-electron chi connectivity index (χ1n) is 13.2. The summed E-state index contributed by atoms with van der Waals surface area (Å²) in [4.78, 5) is 11.7. The zero-order valence-corrected chi connectivity index (χ0v) is 20.5. The van der Waals surface area contributed by atoms with E-state index in [1.54, 1.807) is 18.2 Å². The number of nitrogens with zero attached hydrogens (tertiary/aromatic N) is 3. The molecule has 8 heteroatoms. The molecule has 1 aliphatic carbocycles. The van der Waals surface area contributed by atoms with Crippen molar-refractivity contribution >= 4 is 33.4 Å². The van der Waals surface area contributed by atoms with Gasteiger partial charge in [-0.1, -0.05) is 30.3 Å². The first-order chi connectivity index (χ1) is 18.0. The molecule has 7 rings (SSSR count). The summed E-state index contributed by atoms with van der Waals surface area (Å²) >= 11 is 0. The van der Waals surface area contributed by atoms with Gasteiger partial charge in [-0.05, 0) is 66.6 Å². The number of nitrogens with one attached hydrogen (secondary N) is 2. The highest BCUT2D eigenvalue weighted by molar-refractivity contribution is 6.01. The highest BCUT2D eigenvalue weighted by atomic mass is 19.1. The Morgan fingerprint density at radius 1 is 1.00 bits per heavy atom. The number of aromatic hydroxyl groups is 1. The largest absolute Gasteiger partial charge is 0.508 e. The molecule has 1 saturated carbocycles. The number of piperazine rings is 1. The number of phenols is 1. The fraction of sp³-hybridized carbons (Fsp3) is 0.379. The molecular formula is C29H30FN5O2. The number of hydrogen-bond donors (Lipinski definition) is 4. The number of anilines is 2. The van der Waals surface area contributed by atoms with Crippen LogP contribution >= 0.6 is 0 Å². The van der Waals surface area contributed by atoms with Crippen LogP contribution in [0.4, 0.5) is 16.2 Å². The second-order valence-corrected chi connectivity index (χ2v) is 10.9. The van der Waals surface area contributed by atoms with Crippen LogP contribution in [-0.4, -0.2) is 57.5 Å². The Balaban J connectivity index is 1.38. The van der Waals surface area contributed by atoms with E-state index in [1.807, 2.05) is 30.3 Å². The second-order valence-electron chi connectivity index (χ2n) is 10.9. The molecule has 7 nitrogen and oxygen atoms in total. The Morgan fingerprint density at radius 2 is 1.78 bits per heavy atom. The summed E-state index contributed by atoms with van der Waals surface area (Å²) in [6.45, 7) is 1.96. The number of aromatic nitrogens is 2. The second kappa shape index (κ2) is 8.53. The molecule has 2 saturated heterocycles. The number of aliphatic hydroxyl groups is 1. The predicted molar refractivity (Wildman–Crippen MR) is 144 cm³/mol. The van der Waals surface area contributed by atoms with Crippen LogP contribution in [0.5, 0.6) is 5.75 Å². The van der Waals surface area contributed by atoms with Gasteiger partial charge >= 0.3 is 0 Å². The van der Waals surface area contributed by atoms with Gasteiger partial charge in [-0.25, -0.2) is 9.37 Å². The van der Waals surface area contributed by atoms with Crippen LogP contribution in [0.3, 0.4) is 0 Å². The molecule has 3 aromatic carbocycles. The van der Waals surface area contributed by atoms with Crippen molar-refractivity contribution in [2.24, 2.45) is 0 Å². The topological polar surface area (TPSA) is 93.5 Å². The summed E-state index contributed by atoms with van der Waals surface area (Å²) in [5, 5.41) is 30.2. The third-order valence-corrected chi connectivity index (χ3v) is 8.30. The van der Waals surface area contributed by atoms with Gasteiger partial charge in [-0.3, -0.25) is 0 Å². The molecule has 0 amide bonds. The normalized spacial score (nSPS) is 22.4. The van der Waals surface area contributed by atoms with Crippen molar-refractivity contribution in [1.29, 1.82) is 0 Å². The van der Waals surface area contributed by atoms with E-state index in [4.69, 9.17) is 4.98 Å². The average Bonchev–Trinajstić information content (AvgIpc) is 3.23. The minimum Gasteiger partial charge on any atom is -0.508 e. The number of fused-ring (bicyclic) bond motifs is 4. The quantitative estimate of drug-likeness (QED) is 0.320. The molecule has 4 N–H and O–H groups in total. The first-order valence-corrected chi connectivity index (χ1v) is 13.2. The summed E-state index contributed by atoms with van der Waals surface area (Å²) in [6, 6.07) is 15.4. The molecular weight excluding hydrogens is 469 g/mol. The van der Waals surface area contributed by atoms with Gasteiger partial charge in [0.05, 0.1) is 5.60 Å². The Bertz CT molecular complexity index is 1510. The lowest BCUT2D eigenvalue weighted by molar-refractivity contribution is -0.0203. The molecule has 37 heavy (non-hydrogen) atoms. The van der Waals surface area contributed by atoms with Crippen LogP contribution in [0.25, 0.3) is 32.8 Å². The minimum absolute atomic E-state index is 0.0870. The number of phenolic OH excluding ortho intramolecular Hbond substituents is 1. The van der Waals surface area contributed by atoms with Gasteiger partial charge in [0.15, 0.2) is 5.82 Å². The van der Waals surface area contributed by atoms with Crippen LogP contribution in [-0.2, 0) is 0 Å². The molecule has 1 aromatic heterocycles. The van der Waals surface area contributed by atoms with E-state index in [9.17, 15) is 10.2 Å². The Kier molecular flexibility index (Phi) is 5.23. The van der Waals surface area contributed by atoms with E-state index in [2.05, 4.69) is 20.5 Å². The number of halogens is 1. The third kappa shape index (κ3) is 3.95. The molecule has 2 bridgehead atoms. The molecule has 2 atom stereocenters. The van der Waals surface area contributed by atoms with Crippen molar-refractivity contribution < 1.29 is 14.6 Å². The number of benzene rings is 3. The zero-order valence-electron chi connectivity index (χ0n) is 20.5. The molecule has 4 aromatic rings. The van der Waals surface area contributed by atoms with Crippen LogP contribution in [0.1, 0.15) is 32.1 Å². The fourth-order valence-electron chi connectivity index (χ4n) is 6.17. The smallest absolute Gasteiger partial charge is 0.225 e. The maximum Gasteiger partial charge on any atom is 0.225 e. The van der Waals surface area contributed by atoms with Crippen LogP contribution in [0.15, 0.2) is 48.5 Å². The van der Waals surface area contributed by atoms with E-state index in [0.29, 0.717) is 41.1 Å². The van der Waals surface area contributed by atoms with Gasteiger partial charge in [0, 0.05) is 42.7 Å². The Labute approximate surface area is 214 Å². The number of hydrogen-bond acceptors (Lipinski definition) is 7. The van der Waals surface area contributed by atoms with Crippen LogP contribution < -0.4 is 15.5 Å². The zero-order chi connectivity index (χ0) is 25.1. The lowest BCUT2D eigenvalue weighted by Crippen LogP contribution is -2.51. The minimum atomic E-state index is -0.756. The van der Waals surface area contributed by atoms with Crippen LogP contribution in [0, 0.1) is 5.82 Å². The molecule has 3 aliphatic rings. The number of rotatable bonds is 5. The van der Waals surface area contributed by atoms with Gasteiger partial charge in [-0.15, -0.1) is 0 Å². The monoisotopic (exact) mass is 499 g/mol. The van der Waals surface area contributed by atoms with Crippen molar-refractivity contribution in [3.63, 3.8) is 0 Å². The van der Waals surface area contributed by atoms with E-state index >= 15 is 4.39 Å². The maximum atomic E-state index is 16.4. The summed E-state index contributed by atoms with van der Waals surface area (Å²) in [7, 11) is 0. The summed E-state index contributed by atoms with van der Waals surface area (Å²) in [5.74, 6) is 0.688. The van der Waals surface area contributed by atoms with Crippen molar-refractivity contribution in [3.05, 3.63) is 54.3 Å². The van der Waals surface area contributed by atoms with E-state index < -0.39 is 11.4 Å². The summed E-state index contributed by atoms with van der Waals surface area (Å²) < 4.78 is 16.4. The van der Waals surface area contributed by atoms with Gasteiger partial charge in [0.1, 0.15) is 17.1 Å². The third-order valence-electron chi connectivity index (χ3n) is 8.30. The average molecular weight is 500 g/mol. The standard InChI is InChI=1S/C29H30FN5O2/c30-25-22(24-13-20(36)12-17-4-1-2-5-21(17)24)8-9-23-26(25)33-28(31-16-29(37)10-3-11-29)34-27(23)35-14-18-6-7-19(15-35)32-18/h1-2,4-5,8-9,12-13,18-19,32,36-37H,3,6-7,10-11,14-16H2,(H,31,33,34)/t18-,19+. The molecule has 2 aliphatic heterocycles. The highest BCUT2D eigenvalue weighted by Crippen LogP contribution is 2.39. The Morgan fingerprint density at radius 3 is 2.54 bits per heavy atom. The predicted octanol–water partition coefficient (Wildman–Crippen LogP) is 4.56. The van der Waals surface area contributed by atoms with Crippen molar-refractivity contribution in [2.45, 2.75) is 49.8 Å². The maximum absolute atomic E-state index is 16.4. The molecule has 0 unspecified atom stereocenters. The van der Waals surface area contributed by atoms with Gasteiger partial charge in [-0.2, -0.15) is 4.98 Å². The lowest BCUT2D eigenvalue weighted by atomic mass is 9.80. The molecule has 0 radical (unpaired) electrons. The van der Waals surface area contributed by atoms with Gasteiger partial charge < -0.3 is 25.7 Å². The molecule has 3 fully saturated rings. The van der Waals surface area contributed by atoms with Crippen molar-refractivity contribution in [1.82, 2.24) is 15.3 Å². The van der Waals surface area contributed by atoms with Gasteiger partial charge in [0.2, 0.25) is 5.95 Å². The first kappa shape index (κ1) is 22.7. The summed E-state index contributed by atoms with van der Waals surface area (Å²) in [5.41, 5.74) is 0.485. The Hall–Kier alpha value is -3.49. The SMILES string of the molecule is Oc1cc(-c2ccc3c(N4C[C@H]5CC[C@@H](C4)N5)nc(NCC4(O)CCC4)nc3c2F)c2ccccc2c1. The highest BCUT2D eigenvalue weighted by Gasteiger charge is 2.36. The van der Waals surface area contributed by atoms with Crippen LogP contribution in [0.2, 0.25) is 0 Å². The lowest BCUT2D eigenvalue weighted by Gasteiger charge is -2.37. The van der Waals surface area contributed by atoms with E-state index in [-0.39, 0.29) is 11.3 Å². The summed E-state index contributed by atoms with van der Waals surface area (Å²) in [6.07, 6.45) is 4.74.